The second-order valence-electron chi connectivity index (χ2n) is 27.5. The molecule has 0 N–H and O–H groups in total. The highest BCUT2D eigenvalue weighted by atomic mass is 15.2. The van der Waals surface area contributed by atoms with Crippen molar-refractivity contribution in [2.45, 2.75) is 150 Å². The summed E-state index contributed by atoms with van der Waals surface area (Å²) >= 11 is 0. The summed E-state index contributed by atoms with van der Waals surface area (Å²) in [6.45, 7) is 41.8. The van der Waals surface area contributed by atoms with Crippen LogP contribution in [0.1, 0.15) is 162 Å². The van der Waals surface area contributed by atoms with Crippen molar-refractivity contribution in [3.63, 3.8) is 0 Å². The zero-order valence-corrected chi connectivity index (χ0v) is 49.6. The van der Waals surface area contributed by atoms with Gasteiger partial charge in [-0.1, -0.05) is 220 Å². The lowest BCUT2D eigenvalue weighted by molar-refractivity contribution is 0.590. The van der Waals surface area contributed by atoms with Crippen molar-refractivity contribution < 1.29 is 0 Å². The van der Waals surface area contributed by atoms with Crippen molar-refractivity contribution in [3.8, 4) is 22.3 Å². The first kappa shape index (κ1) is 52.9. The maximum absolute atomic E-state index is 4.65. The molecule has 0 saturated carbocycles. The first-order chi connectivity index (χ1) is 36.8. The summed E-state index contributed by atoms with van der Waals surface area (Å²) in [5, 5.41) is 0. The number of hydrogen-bond acceptors (Lipinski definition) is 2. The fourth-order valence-electron chi connectivity index (χ4n) is 13.5. The van der Waals surface area contributed by atoms with Crippen LogP contribution >= 0.6 is 0 Å². The van der Waals surface area contributed by atoms with E-state index in [4.69, 9.17) is 0 Å². The van der Waals surface area contributed by atoms with Crippen LogP contribution < -0.4 is 9.80 Å². The first-order valence-electron chi connectivity index (χ1n) is 28.7. The minimum absolute atomic E-state index is 0.00511. The van der Waals surface area contributed by atoms with Crippen molar-refractivity contribution in [2.75, 3.05) is 9.80 Å². The molecule has 0 saturated heterocycles. The predicted octanol–water partition coefficient (Wildman–Crippen LogP) is 21.4. The van der Waals surface area contributed by atoms with Crippen LogP contribution in [0.15, 0.2) is 205 Å². The van der Waals surface area contributed by atoms with E-state index in [-0.39, 0.29) is 27.1 Å². The van der Waals surface area contributed by atoms with Gasteiger partial charge in [0.1, 0.15) is 0 Å². The Morgan fingerprint density at radius 3 is 1.42 bits per heavy atom. The molecule has 11 rings (SSSR count). The van der Waals surface area contributed by atoms with Crippen LogP contribution in [-0.4, -0.2) is 0 Å². The number of allylic oxidation sites excluding steroid dienone is 9. The summed E-state index contributed by atoms with van der Waals surface area (Å²) in [6, 6.07) is 56.8. The molecule has 0 fully saturated rings. The number of nitrogens with zero attached hydrogens (tertiary/aromatic N) is 2. The minimum atomic E-state index is -0.674. The fraction of sp³-hybridized carbons (Fsp3) is 0.316. The number of hydrogen-bond donors (Lipinski definition) is 0. The fourth-order valence-corrected chi connectivity index (χ4v) is 13.5. The van der Waals surface area contributed by atoms with E-state index in [9.17, 15) is 0 Å². The summed E-state index contributed by atoms with van der Waals surface area (Å²) in [6.07, 6.45) is 12.8. The van der Waals surface area contributed by atoms with Gasteiger partial charge >= 0.3 is 0 Å². The van der Waals surface area contributed by atoms with Gasteiger partial charge in [-0.15, -0.1) is 0 Å². The lowest BCUT2D eigenvalue weighted by Gasteiger charge is -2.37. The lowest BCUT2D eigenvalue weighted by Crippen LogP contribution is -2.29. The molecule has 4 aliphatic carbocycles. The van der Waals surface area contributed by atoms with E-state index in [0.29, 0.717) is 5.92 Å². The molecule has 396 valence electrons. The van der Waals surface area contributed by atoms with E-state index in [0.717, 1.165) is 34.9 Å². The molecule has 4 aliphatic rings. The van der Waals surface area contributed by atoms with Crippen LogP contribution in [0, 0.1) is 5.92 Å². The zero-order valence-electron chi connectivity index (χ0n) is 49.6. The van der Waals surface area contributed by atoms with E-state index in [1.165, 1.54) is 94.7 Å². The Kier molecular flexibility index (Phi) is 12.5. The topological polar surface area (TPSA) is 6.48 Å². The first-order valence-corrected chi connectivity index (χ1v) is 28.7. The third kappa shape index (κ3) is 8.35. The lowest BCUT2D eigenvalue weighted by atomic mass is 9.66. The zero-order chi connectivity index (χ0) is 55.6. The second-order valence-corrected chi connectivity index (χ2v) is 27.5. The highest BCUT2D eigenvalue weighted by Crippen LogP contribution is 2.69. The maximum Gasteiger partial charge on any atom is 0.0723 e. The van der Waals surface area contributed by atoms with Gasteiger partial charge in [-0.05, 0) is 191 Å². The Hall–Kier alpha value is -7.16. The maximum atomic E-state index is 4.65. The van der Waals surface area contributed by atoms with Gasteiger partial charge in [0.05, 0.1) is 11.1 Å². The largest absolute Gasteiger partial charge is 0.310 e. The van der Waals surface area contributed by atoms with Crippen LogP contribution in [0.3, 0.4) is 0 Å². The molecule has 0 radical (unpaired) electrons. The Morgan fingerprint density at radius 1 is 0.513 bits per heavy atom. The average molecular weight is 1020 g/mol. The summed E-state index contributed by atoms with van der Waals surface area (Å²) in [5.41, 5.74) is 27.2. The Labute approximate surface area is 468 Å². The van der Waals surface area contributed by atoms with Gasteiger partial charge in [0, 0.05) is 39.4 Å². The third-order valence-corrected chi connectivity index (χ3v) is 17.8. The van der Waals surface area contributed by atoms with Crippen molar-refractivity contribution in [2.24, 2.45) is 5.92 Å². The summed E-state index contributed by atoms with van der Waals surface area (Å²) in [5.74, 6) is 0.390. The molecule has 1 unspecified atom stereocenters. The molecule has 7 aromatic carbocycles. The van der Waals surface area contributed by atoms with Gasteiger partial charge in [-0.25, -0.2) is 0 Å². The monoisotopic (exact) mass is 1020 g/mol. The Bertz CT molecular complexity index is 3540. The predicted molar refractivity (Wildman–Crippen MR) is 336 cm³/mol. The van der Waals surface area contributed by atoms with Gasteiger partial charge in [-0.3, -0.25) is 0 Å². The molecule has 0 amide bonds. The Morgan fingerprint density at radius 2 is 0.962 bits per heavy atom. The van der Waals surface area contributed by atoms with Crippen LogP contribution in [0.2, 0.25) is 0 Å². The highest BCUT2D eigenvalue weighted by Gasteiger charge is 2.56. The van der Waals surface area contributed by atoms with Crippen molar-refractivity contribution in [1.82, 2.24) is 0 Å². The van der Waals surface area contributed by atoms with Crippen molar-refractivity contribution >= 4 is 34.1 Å². The Balaban J connectivity index is 1.28. The molecule has 0 aromatic heterocycles. The van der Waals surface area contributed by atoms with E-state index >= 15 is 0 Å². The summed E-state index contributed by atoms with van der Waals surface area (Å²) in [7, 11) is 0. The van der Waals surface area contributed by atoms with E-state index in [1.54, 1.807) is 0 Å². The number of benzene rings is 7. The average Bonchev–Trinajstić information content (AvgIpc) is 4.13. The molecule has 78 heavy (non-hydrogen) atoms. The quantitative estimate of drug-likeness (QED) is 0.150. The SMILES string of the molecule is C=CC1=C(/C=C\C)C2(C3=C1C[C@@H](C)C=C3)c1cc(N(c3ccc(C(C)(C)C)cc3)c3ccc(C(C)(C)C)cc3)ccc1-c1c2cc(N(c2ccc(C(C)(C)C)cc2)c2ccc(C(C)(C)C)cc2)c2c1C(C)(C)c1ccccc1-2. The molecule has 0 bridgehead atoms. The van der Waals surface area contributed by atoms with Gasteiger partial charge in [-0.2, -0.15) is 0 Å². The van der Waals surface area contributed by atoms with Crippen LogP contribution in [-0.2, 0) is 32.5 Å². The third-order valence-electron chi connectivity index (χ3n) is 17.8. The van der Waals surface area contributed by atoms with Gasteiger partial charge in [0.25, 0.3) is 0 Å². The van der Waals surface area contributed by atoms with Crippen LogP contribution in [0.25, 0.3) is 22.3 Å². The molecule has 2 atom stereocenters. The molecular formula is C76H82N2. The molecule has 2 heteroatoms. The van der Waals surface area contributed by atoms with E-state index in [1.807, 2.05) is 0 Å². The van der Waals surface area contributed by atoms with Gasteiger partial charge in [0.2, 0.25) is 0 Å². The second kappa shape index (κ2) is 18.5. The minimum Gasteiger partial charge on any atom is -0.310 e. The highest BCUT2D eigenvalue weighted by molar-refractivity contribution is 6.05. The standard InChI is InChI=1S/C76H82N2/c1-18-22-63-58(19-2)61-45-48(3)25-44-64(61)76(63)65-46-57(77(53-34-26-49(27-35-53)71(4,5)6)54-36-28-50(29-37-54)72(7,8)9)42-43-60(65)68-66(76)47-67(69-59-23-20-21-24-62(59)75(16,17)70(68)69)78(55-38-30-51(31-39-55)73(10,11)12)56-40-32-52(33-41-56)74(13,14)15/h18-44,46-48H,2,45H2,1,3-17H3/b22-18-/t48-,76?/m0/s1. The number of rotatable bonds is 8. The molecule has 0 aliphatic heterocycles. The summed E-state index contributed by atoms with van der Waals surface area (Å²) in [4.78, 5) is 5.07. The number of fused-ring (bicyclic) bond motifs is 10. The van der Waals surface area contributed by atoms with E-state index < -0.39 is 5.41 Å². The smallest absolute Gasteiger partial charge is 0.0723 e. The van der Waals surface area contributed by atoms with Crippen molar-refractivity contribution in [1.29, 1.82) is 0 Å². The van der Waals surface area contributed by atoms with Gasteiger partial charge in [0.15, 0.2) is 0 Å². The molecule has 0 heterocycles. The van der Waals surface area contributed by atoms with E-state index in [2.05, 4.69) is 303 Å². The molecule has 2 nitrogen and oxygen atoms in total. The van der Waals surface area contributed by atoms with Crippen LogP contribution in [0.5, 0.6) is 0 Å². The van der Waals surface area contributed by atoms with Gasteiger partial charge < -0.3 is 9.80 Å². The normalized spacial score (nSPS) is 18.3. The molecular weight excluding hydrogens is 941 g/mol. The number of anilines is 6. The molecule has 1 spiro atoms. The summed E-state index contributed by atoms with van der Waals surface area (Å²) < 4.78 is 0. The van der Waals surface area contributed by atoms with Crippen LogP contribution in [0.4, 0.5) is 34.1 Å². The van der Waals surface area contributed by atoms with Crippen molar-refractivity contribution in [3.05, 3.63) is 249 Å². The molecule has 7 aromatic rings.